The van der Waals surface area contributed by atoms with Crippen LogP contribution in [-0.4, -0.2) is 28.0 Å². The van der Waals surface area contributed by atoms with Crippen molar-refractivity contribution in [2.45, 2.75) is 32.9 Å². The summed E-state index contributed by atoms with van der Waals surface area (Å²) in [5.74, 6) is 0.850. The number of fused-ring (bicyclic) bond motifs is 1. The Morgan fingerprint density at radius 1 is 1.14 bits per heavy atom. The molecule has 0 unspecified atom stereocenters. The monoisotopic (exact) mass is 282 g/mol. The van der Waals surface area contributed by atoms with E-state index in [1.807, 2.05) is 12.4 Å². The molecular formula is C17H22N4. The lowest BCUT2D eigenvalue weighted by molar-refractivity contribution is 0.257. The van der Waals surface area contributed by atoms with Crippen LogP contribution in [0.3, 0.4) is 0 Å². The molecule has 110 valence electrons. The van der Waals surface area contributed by atoms with Crippen molar-refractivity contribution < 1.29 is 0 Å². The van der Waals surface area contributed by atoms with Crippen LogP contribution in [0.1, 0.15) is 30.2 Å². The highest BCUT2D eigenvalue weighted by Gasteiger charge is 2.14. The Morgan fingerprint density at radius 2 is 2.00 bits per heavy atom. The van der Waals surface area contributed by atoms with Gasteiger partial charge >= 0.3 is 0 Å². The fourth-order valence-corrected chi connectivity index (χ4v) is 2.84. The van der Waals surface area contributed by atoms with E-state index in [9.17, 15) is 0 Å². The number of hydrogen-bond donors (Lipinski definition) is 1. The Bertz CT molecular complexity index is 580. The van der Waals surface area contributed by atoms with E-state index in [-0.39, 0.29) is 0 Å². The van der Waals surface area contributed by atoms with Crippen LogP contribution >= 0.6 is 0 Å². The van der Waals surface area contributed by atoms with Gasteiger partial charge < -0.3 is 5.32 Å². The van der Waals surface area contributed by atoms with Gasteiger partial charge in [0, 0.05) is 19.6 Å². The molecule has 0 atom stereocenters. The van der Waals surface area contributed by atoms with Crippen molar-refractivity contribution in [3.8, 4) is 0 Å². The first-order valence-corrected chi connectivity index (χ1v) is 7.69. The van der Waals surface area contributed by atoms with Crippen molar-refractivity contribution in [2.24, 2.45) is 0 Å². The second kappa shape index (κ2) is 6.68. The molecule has 0 amide bonds. The summed E-state index contributed by atoms with van der Waals surface area (Å²) in [6, 6.07) is 8.77. The number of hydrogen-bond acceptors (Lipinski definition) is 4. The summed E-state index contributed by atoms with van der Waals surface area (Å²) < 4.78 is 0. The molecule has 1 aliphatic heterocycles. The molecule has 0 bridgehead atoms. The average Bonchev–Trinajstić information content (AvgIpc) is 2.71. The molecule has 1 aromatic carbocycles. The molecule has 0 fully saturated rings. The molecule has 1 N–H and O–H groups in total. The van der Waals surface area contributed by atoms with Gasteiger partial charge in [0.25, 0.3) is 0 Å². The van der Waals surface area contributed by atoms with Crippen molar-refractivity contribution in [2.75, 3.05) is 18.4 Å². The van der Waals surface area contributed by atoms with Gasteiger partial charge in [0.2, 0.25) is 0 Å². The van der Waals surface area contributed by atoms with Crippen molar-refractivity contribution in [3.63, 3.8) is 0 Å². The smallest absolute Gasteiger partial charge is 0.144 e. The van der Waals surface area contributed by atoms with Gasteiger partial charge in [-0.05, 0) is 37.4 Å². The zero-order valence-corrected chi connectivity index (χ0v) is 12.5. The van der Waals surface area contributed by atoms with Crippen LogP contribution in [-0.2, 0) is 19.5 Å². The van der Waals surface area contributed by atoms with Gasteiger partial charge in [-0.1, -0.05) is 24.3 Å². The van der Waals surface area contributed by atoms with Gasteiger partial charge in [-0.2, -0.15) is 0 Å². The Hall–Kier alpha value is -1.94. The summed E-state index contributed by atoms with van der Waals surface area (Å²) in [6.45, 7) is 5.92. The molecule has 0 radical (unpaired) electrons. The van der Waals surface area contributed by atoms with E-state index in [1.54, 1.807) is 0 Å². The zero-order valence-electron chi connectivity index (χ0n) is 12.5. The third-order valence-electron chi connectivity index (χ3n) is 3.88. The molecule has 21 heavy (non-hydrogen) atoms. The molecule has 2 heterocycles. The normalized spacial score (nSPS) is 15.3. The molecule has 0 aliphatic carbocycles. The summed E-state index contributed by atoms with van der Waals surface area (Å²) in [5, 5.41) is 3.17. The Morgan fingerprint density at radius 3 is 2.76 bits per heavy atom. The minimum Gasteiger partial charge on any atom is -0.369 e. The standard InChI is InChI=1S/C17H22N4/c1-2-18-17-11-19-16(10-20-17)13-21-9-5-8-14-6-3-4-7-15(14)12-21/h3-4,6-7,10-11H,2,5,8-9,12-13H2,1H3,(H,18,20). The van der Waals surface area contributed by atoms with Crippen LogP contribution < -0.4 is 5.32 Å². The van der Waals surface area contributed by atoms with Gasteiger partial charge in [-0.25, -0.2) is 4.98 Å². The maximum absolute atomic E-state index is 4.51. The highest BCUT2D eigenvalue weighted by molar-refractivity contribution is 5.31. The van der Waals surface area contributed by atoms with E-state index in [1.165, 1.54) is 24.0 Å². The largest absolute Gasteiger partial charge is 0.369 e. The van der Waals surface area contributed by atoms with Crippen LogP contribution in [0.2, 0.25) is 0 Å². The quantitative estimate of drug-likeness (QED) is 0.936. The lowest BCUT2D eigenvalue weighted by atomic mass is 10.0. The third kappa shape index (κ3) is 3.58. The van der Waals surface area contributed by atoms with E-state index < -0.39 is 0 Å². The summed E-state index contributed by atoms with van der Waals surface area (Å²) >= 11 is 0. The van der Waals surface area contributed by atoms with Crippen LogP contribution in [0, 0.1) is 0 Å². The van der Waals surface area contributed by atoms with E-state index in [4.69, 9.17) is 0 Å². The molecule has 1 aliphatic rings. The molecule has 1 aromatic heterocycles. The maximum Gasteiger partial charge on any atom is 0.144 e. The second-order valence-corrected chi connectivity index (χ2v) is 5.51. The summed E-state index contributed by atoms with van der Waals surface area (Å²) in [4.78, 5) is 11.4. The molecule has 0 spiro atoms. The Labute approximate surface area is 126 Å². The minimum absolute atomic E-state index is 0.850. The fraction of sp³-hybridized carbons (Fsp3) is 0.412. The van der Waals surface area contributed by atoms with Gasteiger partial charge in [0.1, 0.15) is 5.82 Å². The van der Waals surface area contributed by atoms with Gasteiger partial charge in [-0.15, -0.1) is 0 Å². The van der Waals surface area contributed by atoms with Gasteiger partial charge in [0.15, 0.2) is 0 Å². The molecule has 0 saturated heterocycles. The summed E-state index contributed by atoms with van der Waals surface area (Å²) in [6.07, 6.45) is 6.09. The molecule has 4 nitrogen and oxygen atoms in total. The molecule has 2 aromatic rings. The highest BCUT2D eigenvalue weighted by atomic mass is 15.1. The number of aromatic nitrogens is 2. The summed E-state index contributed by atoms with van der Waals surface area (Å²) in [5.41, 5.74) is 3.98. The fourth-order valence-electron chi connectivity index (χ4n) is 2.84. The first-order valence-electron chi connectivity index (χ1n) is 7.69. The molecule has 4 heteroatoms. The number of nitrogens with one attached hydrogen (secondary N) is 1. The molecular weight excluding hydrogens is 260 g/mol. The SMILES string of the molecule is CCNc1cnc(CN2CCCc3ccccc3C2)cn1. The van der Waals surface area contributed by atoms with Crippen molar-refractivity contribution in [1.82, 2.24) is 14.9 Å². The van der Waals surface area contributed by atoms with Gasteiger partial charge in [0.05, 0.1) is 18.1 Å². The topological polar surface area (TPSA) is 41.1 Å². The van der Waals surface area contributed by atoms with E-state index in [0.29, 0.717) is 0 Å². The van der Waals surface area contributed by atoms with E-state index in [0.717, 1.165) is 37.7 Å². The number of nitrogens with zero attached hydrogens (tertiary/aromatic N) is 3. The van der Waals surface area contributed by atoms with Crippen molar-refractivity contribution >= 4 is 5.82 Å². The second-order valence-electron chi connectivity index (χ2n) is 5.51. The van der Waals surface area contributed by atoms with Crippen LogP contribution in [0.5, 0.6) is 0 Å². The first-order chi connectivity index (χ1) is 10.3. The predicted octanol–water partition coefficient (Wildman–Crippen LogP) is 2.86. The predicted molar refractivity (Wildman–Crippen MR) is 85.1 cm³/mol. The molecule has 0 saturated carbocycles. The van der Waals surface area contributed by atoms with E-state index in [2.05, 4.69) is 51.4 Å². The average molecular weight is 282 g/mol. The van der Waals surface area contributed by atoms with Crippen LogP contribution in [0.4, 0.5) is 5.82 Å². The maximum atomic E-state index is 4.51. The molecule has 3 rings (SSSR count). The van der Waals surface area contributed by atoms with Crippen LogP contribution in [0.15, 0.2) is 36.7 Å². The highest BCUT2D eigenvalue weighted by Crippen LogP contribution is 2.19. The van der Waals surface area contributed by atoms with Crippen molar-refractivity contribution in [1.29, 1.82) is 0 Å². The minimum atomic E-state index is 0.850. The number of aryl methyl sites for hydroxylation is 1. The lowest BCUT2D eigenvalue weighted by Gasteiger charge is -2.19. The Balaban J connectivity index is 1.67. The lowest BCUT2D eigenvalue weighted by Crippen LogP contribution is -2.23. The zero-order chi connectivity index (χ0) is 14.5. The van der Waals surface area contributed by atoms with E-state index >= 15 is 0 Å². The number of anilines is 1. The number of rotatable bonds is 4. The number of benzene rings is 1. The van der Waals surface area contributed by atoms with Crippen LogP contribution in [0.25, 0.3) is 0 Å². The van der Waals surface area contributed by atoms with Crippen molar-refractivity contribution in [3.05, 3.63) is 53.5 Å². The third-order valence-corrected chi connectivity index (χ3v) is 3.88. The summed E-state index contributed by atoms with van der Waals surface area (Å²) in [7, 11) is 0. The van der Waals surface area contributed by atoms with Gasteiger partial charge in [-0.3, -0.25) is 9.88 Å². The first kappa shape index (κ1) is 14.0. The Kier molecular flexibility index (Phi) is 4.46.